The summed E-state index contributed by atoms with van der Waals surface area (Å²) in [6, 6.07) is 2.81. The number of rotatable bonds is 11. The quantitative estimate of drug-likeness (QED) is 0.299. The molecule has 7 fully saturated rings. The van der Waals surface area contributed by atoms with Crippen LogP contribution < -0.4 is 16.0 Å². The number of carbonyl (C=O) groups excluding carboxylic acids is 5. The molecule has 1 aromatic carbocycles. The normalized spacial score (nSPS) is 32.7. The van der Waals surface area contributed by atoms with Crippen molar-refractivity contribution in [3.05, 3.63) is 35.6 Å². The fourth-order valence-electron chi connectivity index (χ4n) is 10.7. The number of benzene rings is 1. The molecule has 9 nitrogen and oxygen atoms in total. The van der Waals surface area contributed by atoms with Crippen LogP contribution in [0.2, 0.25) is 0 Å². The maximum atomic E-state index is 14.6. The molecule has 4 bridgehead atoms. The number of carbonyl (C=O) groups is 5. The van der Waals surface area contributed by atoms with Crippen molar-refractivity contribution in [3.8, 4) is 0 Å². The molecule has 1 heterocycles. The van der Waals surface area contributed by atoms with Gasteiger partial charge >= 0.3 is 0 Å². The number of halogens is 1. The Morgan fingerprint density at radius 3 is 2.12 bits per heavy atom. The summed E-state index contributed by atoms with van der Waals surface area (Å²) in [7, 11) is 0. The van der Waals surface area contributed by atoms with Gasteiger partial charge in [-0.15, -0.1) is 0 Å². The van der Waals surface area contributed by atoms with Crippen molar-refractivity contribution >= 4 is 29.4 Å². The highest BCUT2D eigenvalue weighted by molar-refractivity contribution is 6.38. The van der Waals surface area contributed by atoms with Crippen LogP contribution in [0.4, 0.5) is 4.39 Å². The molecule has 3 N–H and O–H groups in total. The number of amides is 4. The molecule has 7 aliphatic rings. The average molecular weight is 677 g/mol. The predicted octanol–water partition coefficient (Wildman–Crippen LogP) is 4.47. The van der Waals surface area contributed by atoms with Crippen molar-refractivity contribution in [2.24, 2.45) is 40.4 Å². The third-order valence-electron chi connectivity index (χ3n) is 12.7. The van der Waals surface area contributed by atoms with E-state index in [1.54, 1.807) is 17.0 Å². The molecule has 6 saturated carbocycles. The first-order chi connectivity index (χ1) is 23.3. The predicted molar refractivity (Wildman–Crippen MR) is 181 cm³/mol. The van der Waals surface area contributed by atoms with Gasteiger partial charge in [0.05, 0.1) is 0 Å². The maximum absolute atomic E-state index is 14.6. The van der Waals surface area contributed by atoms with Crippen LogP contribution in [0.1, 0.15) is 103 Å². The Bertz CT molecular complexity index is 1450. The van der Waals surface area contributed by atoms with Crippen molar-refractivity contribution in [2.45, 2.75) is 128 Å². The van der Waals surface area contributed by atoms with E-state index in [2.05, 4.69) is 16.0 Å². The largest absolute Gasteiger partial charge is 0.347 e. The minimum absolute atomic E-state index is 0.0166. The van der Waals surface area contributed by atoms with Gasteiger partial charge in [-0.1, -0.05) is 39.3 Å². The van der Waals surface area contributed by atoms with E-state index in [0.29, 0.717) is 18.5 Å². The first kappa shape index (κ1) is 34.2. The van der Waals surface area contributed by atoms with Crippen molar-refractivity contribution in [1.82, 2.24) is 20.9 Å². The molecule has 266 valence electrons. The Morgan fingerprint density at radius 1 is 0.898 bits per heavy atom. The summed E-state index contributed by atoms with van der Waals surface area (Å²) in [6.07, 6.45) is 11.9. The number of nitrogens with one attached hydrogen (secondary N) is 3. The topological polar surface area (TPSA) is 125 Å². The third kappa shape index (κ3) is 7.29. The highest BCUT2D eigenvalue weighted by atomic mass is 19.1. The molecule has 0 unspecified atom stereocenters. The lowest BCUT2D eigenvalue weighted by Gasteiger charge is -2.56. The summed E-state index contributed by atoms with van der Waals surface area (Å²) >= 11 is 0. The molecule has 1 saturated heterocycles. The first-order valence-electron chi connectivity index (χ1n) is 18.8. The van der Waals surface area contributed by atoms with Gasteiger partial charge in [-0.25, -0.2) is 4.39 Å². The Labute approximate surface area is 289 Å². The summed E-state index contributed by atoms with van der Waals surface area (Å²) < 4.78 is 13.7. The molecule has 1 aromatic rings. The lowest BCUT2D eigenvalue weighted by Crippen LogP contribution is -2.60. The standard InChI is InChI=1S/C39H53FN4O5/c1-38(2,3)34(43-31(45)20-39-17-23-13-24(18-39)15-25(14-23)19-39)37(49)44-21-26-5-4-6-29(26)32(44)35(47)42-30(16-22-7-9-27(40)10-8-22)33(46)36(48)41-28-11-12-28/h7-10,23-26,28-30,32,34H,4-6,11-21H2,1-3H3,(H,41,48)(H,42,47)(H,43,45)/t23?,24?,25?,26-,29-,30-,32-,34+,39?/m0/s1. The van der Waals surface area contributed by atoms with Crippen molar-refractivity contribution in [2.75, 3.05) is 6.54 Å². The SMILES string of the molecule is CC(C)(C)[C@H](NC(=O)CC12CC3CC(CC(C3)C1)C2)C(=O)N1C[C@@H]2CCC[C@@H]2[C@H]1C(=O)N[C@@H](Cc1ccc(F)cc1)C(=O)C(=O)NC1CC1. The van der Waals surface area contributed by atoms with Gasteiger partial charge in [0, 0.05) is 25.4 Å². The third-order valence-corrected chi connectivity index (χ3v) is 12.7. The molecular formula is C39H53FN4O5. The summed E-state index contributed by atoms with van der Waals surface area (Å²) in [4.78, 5) is 70.7. The molecule has 8 rings (SSSR count). The number of hydrogen-bond acceptors (Lipinski definition) is 5. The Balaban J connectivity index is 1.09. The van der Waals surface area contributed by atoms with E-state index >= 15 is 0 Å². The fraction of sp³-hybridized carbons (Fsp3) is 0.718. The van der Waals surface area contributed by atoms with Crippen molar-refractivity contribution in [1.29, 1.82) is 0 Å². The number of Topliss-reactive ketones (excluding diaryl/α,β-unsaturated/α-hetero) is 1. The second-order valence-corrected chi connectivity index (χ2v) is 17.8. The molecule has 4 amide bonds. The van der Waals surface area contributed by atoms with Gasteiger partial charge in [-0.3, -0.25) is 24.0 Å². The summed E-state index contributed by atoms with van der Waals surface area (Å²) in [5, 5.41) is 8.77. The minimum Gasteiger partial charge on any atom is -0.347 e. The van der Waals surface area contributed by atoms with E-state index < -0.39 is 47.0 Å². The van der Waals surface area contributed by atoms with Crippen LogP contribution in [0.3, 0.4) is 0 Å². The summed E-state index contributed by atoms with van der Waals surface area (Å²) in [5.74, 6) is -0.501. The zero-order valence-electron chi connectivity index (χ0n) is 29.3. The van der Waals surface area contributed by atoms with E-state index in [9.17, 15) is 28.4 Å². The smallest absolute Gasteiger partial charge is 0.289 e. The molecule has 49 heavy (non-hydrogen) atoms. The van der Waals surface area contributed by atoms with Gasteiger partial charge in [0.2, 0.25) is 23.5 Å². The highest BCUT2D eigenvalue weighted by Crippen LogP contribution is 2.61. The minimum atomic E-state index is -1.17. The van der Waals surface area contributed by atoms with Crippen LogP contribution in [-0.4, -0.2) is 65.0 Å². The summed E-state index contributed by atoms with van der Waals surface area (Å²) in [6.45, 7) is 6.25. The second-order valence-electron chi connectivity index (χ2n) is 17.8. The zero-order chi connectivity index (χ0) is 34.7. The van der Waals surface area contributed by atoms with Gasteiger partial charge in [-0.05, 0) is 122 Å². The Morgan fingerprint density at radius 2 is 1.53 bits per heavy atom. The molecule has 1 aliphatic heterocycles. The van der Waals surface area contributed by atoms with Crippen LogP contribution in [-0.2, 0) is 30.4 Å². The van der Waals surface area contributed by atoms with Gasteiger partial charge in [-0.2, -0.15) is 0 Å². The van der Waals surface area contributed by atoms with Crippen LogP contribution >= 0.6 is 0 Å². The maximum Gasteiger partial charge on any atom is 0.289 e. The van der Waals surface area contributed by atoms with Crippen molar-refractivity contribution in [3.63, 3.8) is 0 Å². The molecular weight excluding hydrogens is 623 g/mol. The zero-order valence-corrected chi connectivity index (χ0v) is 29.3. The lowest BCUT2D eigenvalue weighted by atomic mass is 9.49. The van der Waals surface area contributed by atoms with Crippen LogP contribution in [0, 0.1) is 46.2 Å². The number of fused-ring (bicyclic) bond motifs is 1. The Hall–Kier alpha value is -3.30. The number of ketones is 1. The molecule has 5 atom stereocenters. The number of likely N-dealkylation sites (tertiary alicyclic amines) is 1. The molecule has 0 radical (unpaired) electrons. The second kappa shape index (κ2) is 13.1. The first-order valence-corrected chi connectivity index (χ1v) is 18.8. The highest BCUT2D eigenvalue weighted by Gasteiger charge is 2.54. The van der Waals surface area contributed by atoms with Gasteiger partial charge < -0.3 is 20.9 Å². The Kier molecular flexibility index (Phi) is 9.14. The molecule has 0 spiro atoms. The lowest BCUT2D eigenvalue weighted by molar-refractivity contribution is -0.146. The average Bonchev–Trinajstić information content (AvgIpc) is 3.58. The van der Waals surface area contributed by atoms with E-state index in [-0.39, 0.29) is 41.5 Å². The monoisotopic (exact) mass is 676 g/mol. The van der Waals surface area contributed by atoms with Crippen LogP contribution in [0.25, 0.3) is 0 Å². The van der Waals surface area contributed by atoms with Gasteiger partial charge in [0.25, 0.3) is 5.91 Å². The van der Waals surface area contributed by atoms with E-state index in [1.807, 2.05) is 20.8 Å². The van der Waals surface area contributed by atoms with Gasteiger partial charge in [0.1, 0.15) is 23.9 Å². The number of nitrogens with zero attached hydrogens (tertiary/aromatic N) is 1. The van der Waals surface area contributed by atoms with Crippen LogP contribution in [0.5, 0.6) is 0 Å². The molecule has 6 aliphatic carbocycles. The van der Waals surface area contributed by atoms with Crippen molar-refractivity contribution < 1.29 is 28.4 Å². The van der Waals surface area contributed by atoms with Gasteiger partial charge in [0.15, 0.2) is 0 Å². The fourth-order valence-corrected chi connectivity index (χ4v) is 10.7. The van der Waals surface area contributed by atoms with E-state index in [0.717, 1.165) is 69.1 Å². The summed E-state index contributed by atoms with van der Waals surface area (Å²) in [5.41, 5.74) is 0.0383. The van der Waals surface area contributed by atoms with E-state index in [1.165, 1.54) is 31.4 Å². The molecule has 10 heteroatoms. The molecule has 0 aromatic heterocycles. The van der Waals surface area contributed by atoms with E-state index in [4.69, 9.17) is 0 Å². The number of hydrogen-bond donors (Lipinski definition) is 3. The van der Waals surface area contributed by atoms with Crippen LogP contribution in [0.15, 0.2) is 24.3 Å².